The fraction of sp³-hybridized carbons (Fsp3) is 0.308. The van der Waals surface area contributed by atoms with Gasteiger partial charge in [-0.1, -0.05) is 32.4 Å². The standard InChI is InChI=1S/C13H11ClF3N/c1-13(2,3)9-4-6(14)10-7(15)5-8(16)11(17)12(10)18-9/h4-5H,1-3H3. The summed E-state index contributed by atoms with van der Waals surface area (Å²) >= 11 is 5.93. The minimum absolute atomic E-state index is 0.0290. The van der Waals surface area contributed by atoms with Crippen LogP contribution in [0.5, 0.6) is 0 Å². The number of hydrogen-bond acceptors (Lipinski definition) is 1. The smallest absolute Gasteiger partial charge is 0.185 e. The first kappa shape index (κ1) is 13.1. The van der Waals surface area contributed by atoms with Crippen LogP contribution in [0.1, 0.15) is 26.5 Å². The van der Waals surface area contributed by atoms with Gasteiger partial charge in [0.25, 0.3) is 0 Å². The Labute approximate surface area is 108 Å². The lowest BCUT2D eigenvalue weighted by molar-refractivity contribution is 0.502. The zero-order valence-electron chi connectivity index (χ0n) is 10.1. The van der Waals surface area contributed by atoms with Gasteiger partial charge in [0.05, 0.1) is 10.4 Å². The first-order valence-corrected chi connectivity index (χ1v) is 5.74. The Morgan fingerprint density at radius 1 is 1.06 bits per heavy atom. The molecule has 0 atom stereocenters. The van der Waals surface area contributed by atoms with Crippen molar-refractivity contribution in [1.29, 1.82) is 0 Å². The van der Waals surface area contributed by atoms with Crippen molar-refractivity contribution in [3.05, 3.63) is 40.3 Å². The van der Waals surface area contributed by atoms with Gasteiger partial charge in [0.2, 0.25) is 0 Å². The van der Waals surface area contributed by atoms with Gasteiger partial charge in [0.1, 0.15) is 11.3 Å². The highest BCUT2D eigenvalue weighted by molar-refractivity contribution is 6.35. The molecule has 0 aliphatic carbocycles. The predicted molar refractivity (Wildman–Crippen MR) is 65.3 cm³/mol. The average Bonchev–Trinajstić information content (AvgIpc) is 2.23. The lowest BCUT2D eigenvalue weighted by Crippen LogP contribution is -2.14. The molecular weight excluding hydrogens is 263 g/mol. The molecule has 0 aliphatic rings. The molecule has 0 radical (unpaired) electrons. The van der Waals surface area contributed by atoms with Crippen LogP contribution in [-0.4, -0.2) is 4.98 Å². The predicted octanol–water partition coefficient (Wildman–Crippen LogP) is 4.60. The van der Waals surface area contributed by atoms with E-state index in [1.165, 1.54) is 6.07 Å². The summed E-state index contributed by atoms with van der Waals surface area (Å²) in [7, 11) is 0. The molecule has 5 heteroatoms. The summed E-state index contributed by atoms with van der Waals surface area (Å²) in [4.78, 5) is 3.99. The van der Waals surface area contributed by atoms with Gasteiger partial charge < -0.3 is 0 Å². The van der Waals surface area contributed by atoms with Crippen LogP contribution in [0, 0.1) is 17.5 Å². The Kier molecular flexibility index (Phi) is 3.01. The van der Waals surface area contributed by atoms with E-state index in [0.717, 1.165) is 0 Å². The first-order chi connectivity index (χ1) is 8.21. The third-order valence-electron chi connectivity index (χ3n) is 2.65. The molecule has 0 aliphatic heterocycles. The molecule has 1 nitrogen and oxygen atoms in total. The average molecular weight is 274 g/mol. The summed E-state index contributed by atoms with van der Waals surface area (Å²) < 4.78 is 40.4. The van der Waals surface area contributed by atoms with Crippen LogP contribution < -0.4 is 0 Å². The molecule has 0 bridgehead atoms. The second-order valence-corrected chi connectivity index (χ2v) is 5.52. The summed E-state index contributed by atoms with van der Waals surface area (Å²) in [5.41, 5.74) is -0.290. The van der Waals surface area contributed by atoms with E-state index in [9.17, 15) is 13.2 Å². The van der Waals surface area contributed by atoms with Gasteiger partial charge in [-0.05, 0) is 6.07 Å². The number of rotatable bonds is 0. The lowest BCUT2D eigenvalue weighted by atomic mass is 9.91. The van der Waals surface area contributed by atoms with Crippen molar-refractivity contribution in [3.63, 3.8) is 0 Å². The van der Waals surface area contributed by atoms with Crippen LogP contribution in [0.2, 0.25) is 5.02 Å². The Morgan fingerprint density at radius 3 is 2.22 bits per heavy atom. The van der Waals surface area contributed by atoms with Crippen LogP contribution in [0.25, 0.3) is 10.9 Å². The van der Waals surface area contributed by atoms with Crippen LogP contribution in [0.3, 0.4) is 0 Å². The molecular formula is C13H11ClF3N. The molecule has 2 rings (SSSR count). The molecule has 1 heterocycles. The topological polar surface area (TPSA) is 12.9 Å². The van der Waals surface area contributed by atoms with Crippen molar-refractivity contribution in [1.82, 2.24) is 4.98 Å². The molecule has 96 valence electrons. The van der Waals surface area contributed by atoms with E-state index >= 15 is 0 Å². The molecule has 18 heavy (non-hydrogen) atoms. The van der Waals surface area contributed by atoms with Crippen molar-refractivity contribution in [2.24, 2.45) is 0 Å². The van der Waals surface area contributed by atoms with Crippen LogP contribution in [-0.2, 0) is 5.41 Å². The molecule has 2 aromatic rings. The number of halogens is 4. The Hall–Kier alpha value is -1.29. The number of nitrogens with zero attached hydrogens (tertiary/aromatic N) is 1. The normalized spacial score (nSPS) is 12.2. The molecule has 1 aromatic carbocycles. The van der Waals surface area contributed by atoms with Gasteiger partial charge in [-0.2, -0.15) is 0 Å². The quantitative estimate of drug-likeness (QED) is 0.639. The Balaban J connectivity index is 2.92. The second-order valence-electron chi connectivity index (χ2n) is 5.12. The maximum Gasteiger partial charge on any atom is 0.185 e. The van der Waals surface area contributed by atoms with E-state index in [0.29, 0.717) is 11.8 Å². The van der Waals surface area contributed by atoms with Gasteiger partial charge in [-0.3, -0.25) is 0 Å². The number of fused-ring (bicyclic) bond motifs is 1. The monoisotopic (exact) mass is 273 g/mol. The third-order valence-corrected chi connectivity index (χ3v) is 2.95. The fourth-order valence-corrected chi connectivity index (χ4v) is 1.93. The summed E-state index contributed by atoms with van der Waals surface area (Å²) in [5, 5.41) is -0.162. The fourth-order valence-electron chi connectivity index (χ4n) is 1.64. The minimum atomic E-state index is -1.27. The lowest BCUT2D eigenvalue weighted by Gasteiger charge is -2.19. The molecule has 0 spiro atoms. The van der Waals surface area contributed by atoms with Crippen LogP contribution >= 0.6 is 11.6 Å². The highest BCUT2D eigenvalue weighted by atomic mass is 35.5. The van der Waals surface area contributed by atoms with Crippen LogP contribution in [0.15, 0.2) is 12.1 Å². The van der Waals surface area contributed by atoms with E-state index in [1.54, 1.807) is 0 Å². The summed E-state index contributed by atoms with van der Waals surface area (Å²) in [6, 6.07) is 1.95. The molecule has 0 unspecified atom stereocenters. The molecule has 0 fully saturated rings. The zero-order valence-corrected chi connectivity index (χ0v) is 10.9. The van der Waals surface area contributed by atoms with E-state index in [1.807, 2.05) is 20.8 Å². The summed E-state index contributed by atoms with van der Waals surface area (Å²) in [6.45, 7) is 5.56. The molecule has 0 amide bonds. The first-order valence-electron chi connectivity index (χ1n) is 5.36. The third kappa shape index (κ3) is 2.05. The number of hydrogen-bond donors (Lipinski definition) is 0. The highest BCUT2D eigenvalue weighted by Gasteiger charge is 2.22. The van der Waals surface area contributed by atoms with Crippen molar-refractivity contribution < 1.29 is 13.2 Å². The molecule has 0 saturated carbocycles. The minimum Gasteiger partial charge on any atom is -0.249 e. The number of benzene rings is 1. The number of pyridine rings is 1. The van der Waals surface area contributed by atoms with Crippen molar-refractivity contribution >= 4 is 22.5 Å². The Bertz CT molecular complexity index is 632. The largest absolute Gasteiger partial charge is 0.249 e. The number of aromatic nitrogens is 1. The maximum atomic E-state index is 13.7. The highest BCUT2D eigenvalue weighted by Crippen LogP contribution is 2.32. The van der Waals surface area contributed by atoms with Crippen molar-refractivity contribution in [3.8, 4) is 0 Å². The van der Waals surface area contributed by atoms with Crippen LogP contribution in [0.4, 0.5) is 13.2 Å². The van der Waals surface area contributed by atoms with Gasteiger partial charge in [0.15, 0.2) is 11.6 Å². The van der Waals surface area contributed by atoms with Gasteiger partial charge in [-0.15, -0.1) is 0 Å². The van der Waals surface area contributed by atoms with E-state index in [4.69, 9.17) is 11.6 Å². The molecule has 0 N–H and O–H groups in total. The van der Waals surface area contributed by atoms with E-state index < -0.39 is 22.9 Å². The summed E-state index contributed by atoms with van der Waals surface area (Å²) in [5.74, 6) is -3.36. The molecule has 1 aromatic heterocycles. The maximum absolute atomic E-state index is 13.7. The SMILES string of the molecule is CC(C)(C)c1cc(Cl)c2c(F)cc(F)c(F)c2n1. The van der Waals surface area contributed by atoms with Crippen molar-refractivity contribution in [2.45, 2.75) is 26.2 Å². The van der Waals surface area contributed by atoms with E-state index in [-0.39, 0.29) is 15.9 Å². The van der Waals surface area contributed by atoms with Gasteiger partial charge in [0, 0.05) is 17.2 Å². The second kappa shape index (κ2) is 4.12. The van der Waals surface area contributed by atoms with Gasteiger partial charge in [-0.25, -0.2) is 18.2 Å². The summed E-state index contributed by atoms with van der Waals surface area (Å²) in [6.07, 6.45) is 0. The Morgan fingerprint density at radius 2 is 1.67 bits per heavy atom. The van der Waals surface area contributed by atoms with Gasteiger partial charge >= 0.3 is 0 Å². The molecule has 0 saturated heterocycles. The van der Waals surface area contributed by atoms with E-state index in [2.05, 4.69) is 4.98 Å². The zero-order chi connectivity index (χ0) is 13.7. The van der Waals surface area contributed by atoms with Crippen molar-refractivity contribution in [2.75, 3.05) is 0 Å².